The van der Waals surface area contributed by atoms with Crippen molar-refractivity contribution in [3.63, 3.8) is 0 Å². The lowest BCUT2D eigenvalue weighted by atomic mass is 10.2. The van der Waals surface area contributed by atoms with Crippen molar-refractivity contribution in [2.45, 2.75) is 22.5 Å². The summed E-state index contributed by atoms with van der Waals surface area (Å²) < 4.78 is 4.87. The number of carbonyl (C=O) groups is 2. The van der Waals surface area contributed by atoms with Gasteiger partial charge >= 0.3 is 0 Å². The standard InChI is InChI=1S/C16H17N5O2S3/c1-10-13(14(23)21(20(10)2)11-7-5-4-6-8-11)17-12(22)9-25-16-18-15(24-3)19-26-16/h4-8,10H,9H2,1-3H3. The average Bonchev–Trinajstić information content (AvgIpc) is 3.20. The van der Waals surface area contributed by atoms with Crippen molar-refractivity contribution in [2.24, 2.45) is 4.99 Å². The topological polar surface area (TPSA) is 78.8 Å². The Balaban J connectivity index is 1.71. The van der Waals surface area contributed by atoms with Crippen LogP contribution in [0.5, 0.6) is 0 Å². The highest BCUT2D eigenvalue weighted by atomic mass is 32.2. The first-order valence-corrected chi connectivity index (χ1v) is 10.7. The van der Waals surface area contributed by atoms with Crippen molar-refractivity contribution >= 4 is 58.3 Å². The largest absolute Gasteiger partial charge is 0.289 e. The van der Waals surface area contributed by atoms with Crippen LogP contribution in [0.1, 0.15) is 6.92 Å². The van der Waals surface area contributed by atoms with E-state index in [1.54, 1.807) is 10.0 Å². The molecule has 0 bridgehead atoms. The van der Waals surface area contributed by atoms with Crippen molar-refractivity contribution in [3.05, 3.63) is 30.3 Å². The number of carbonyl (C=O) groups excluding carboxylic acids is 2. The van der Waals surface area contributed by atoms with Gasteiger partial charge in [0.1, 0.15) is 5.71 Å². The lowest BCUT2D eigenvalue weighted by molar-refractivity contribution is -0.116. The molecule has 1 saturated heterocycles. The van der Waals surface area contributed by atoms with Crippen LogP contribution in [-0.4, -0.2) is 57.0 Å². The number of nitrogens with zero attached hydrogens (tertiary/aromatic N) is 5. The summed E-state index contributed by atoms with van der Waals surface area (Å²) in [5.74, 6) is -0.499. The Morgan fingerprint density at radius 1 is 1.35 bits per heavy atom. The molecule has 1 fully saturated rings. The highest BCUT2D eigenvalue weighted by molar-refractivity contribution is 8.01. The quantitative estimate of drug-likeness (QED) is 0.705. The fraction of sp³-hybridized carbons (Fsp3) is 0.312. The minimum atomic E-state index is -0.352. The minimum Gasteiger partial charge on any atom is -0.272 e. The van der Waals surface area contributed by atoms with Gasteiger partial charge in [-0.2, -0.15) is 4.37 Å². The Morgan fingerprint density at radius 3 is 2.73 bits per heavy atom. The van der Waals surface area contributed by atoms with Crippen LogP contribution in [-0.2, 0) is 9.59 Å². The predicted octanol–water partition coefficient (Wildman–Crippen LogP) is 2.60. The van der Waals surface area contributed by atoms with Gasteiger partial charge in [-0.25, -0.2) is 20.0 Å². The van der Waals surface area contributed by atoms with Crippen LogP contribution in [0, 0.1) is 0 Å². The Morgan fingerprint density at radius 2 is 2.08 bits per heavy atom. The molecule has 26 heavy (non-hydrogen) atoms. The smallest absolute Gasteiger partial charge is 0.272 e. The number of hydrogen-bond donors (Lipinski definition) is 0. The Labute approximate surface area is 164 Å². The first-order chi connectivity index (χ1) is 12.5. The van der Waals surface area contributed by atoms with Gasteiger partial charge in [0.25, 0.3) is 11.8 Å². The summed E-state index contributed by atoms with van der Waals surface area (Å²) in [4.78, 5) is 33.4. The summed E-state index contributed by atoms with van der Waals surface area (Å²) in [6, 6.07) is 9.04. The molecule has 0 N–H and O–H groups in total. The van der Waals surface area contributed by atoms with Crippen molar-refractivity contribution in [3.8, 4) is 0 Å². The van der Waals surface area contributed by atoms with E-state index in [1.165, 1.54) is 35.1 Å². The molecule has 1 aliphatic rings. The highest BCUT2D eigenvalue weighted by Crippen LogP contribution is 2.25. The molecule has 0 spiro atoms. The van der Waals surface area contributed by atoms with E-state index in [-0.39, 0.29) is 29.3 Å². The van der Waals surface area contributed by atoms with Gasteiger partial charge in [-0.15, -0.1) is 0 Å². The van der Waals surface area contributed by atoms with Crippen molar-refractivity contribution in [2.75, 3.05) is 24.1 Å². The van der Waals surface area contributed by atoms with E-state index >= 15 is 0 Å². The third-order valence-corrected chi connectivity index (χ3v) is 6.30. The summed E-state index contributed by atoms with van der Waals surface area (Å²) in [7, 11) is 1.81. The van der Waals surface area contributed by atoms with E-state index in [0.717, 1.165) is 10.0 Å². The number of benzene rings is 1. The number of hydrogen-bond acceptors (Lipinski definition) is 8. The molecule has 136 valence electrons. The van der Waals surface area contributed by atoms with E-state index in [1.807, 2.05) is 50.6 Å². The molecule has 1 unspecified atom stereocenters. The molecule has 1 atom stereocenters. The molecule has 7 nitrogen and oxygen atoms in total. The average molecular weight is 408 g/mol. The fourth-order valence-corrected chi connectivity index (χ4v) is 4.41. The molecule has 2 aromatic rings. The van der Waals surface area contributed by atoms with Crippen LogP contribution in [0.3, 0.4) is 0 Å². The molecule has 1 aromatic heterocycles. The summed E-state index contributed by atoms with van der Waals surface area (Å²) in [6.45, 7) is 1.86. The molecular formula is C16H17N5O2S3. The molecule has 10 heteroatoms. The second-order valence-corrected chi connectivity index (χ2v) is 8.18. The van der Waals surface area contributed by atoms with Gasteiger partial charge in [-0.3, -0.25) is 9.59 Å². The normalized spacial score (nSPS) is 19.5. The van der Waals surface area contributed by atoms with Gasteiger partial charge in [0.2, 0.25) is 5.16 Å². The lowest BCUT2D eigenvalue weighted by Crippen LogP contribution is -2.38. The zero-order chi connectivity index (χ0) is 18.7. The monoisotopic (exact) mass is 407 g/mol. The summed E-state index contributed by atoms with van der Waals surface area (Å²) >= 11 is 4.00. The zero-order valence-electron chi connectivity index (χ0n) is 14.4. The molecule has 1 aliphatic heterocycles. The molecule has 3 rings (SSSR count). The number of hydrazine groups is 1. The van der Waals surface area contributed by atoms with Gasteiger partial charge in [0, 0.05) is 7.05 Å². The molecule has 2 heterocycles. The fourth-order valence-electron chi connectivity index (χ4n) is 2.42. The number of rotatable bonds is 5. The summed E-state index contributed by atoms with van der Waals surface area (Å²) in [5.41, 5.74) is 1.00. The Kier molecular flexibility index (Phi) is 6.07. The number of amides is 2. The van der Waals surface area contributed by atoms with E-state index in [2.05, 4.69) is 14.3 Å². The van der Waals surface area contributed by atoms with Crippen LogP contribution in [0.2, 0.25) is 0 Å². The van der Waals surface area contributed by atoms with Gasteiger partial charge in [0.15, 0.2) is 4.34 Å². The van der Waals surface area contributed by atoms with E-state index < -0.39 is 0 Å². The Hall–Kier alpha value is -1.75. The van der Waals surface area contributed by atoms with Crippen molar-refractivity contribution in [1.29, 1.82) is 0 Å². The van der Waals surface area contributed by atoms with Crippen LogP contribution in [0.4, 0.5) is 5.69 Å². The van der Waals surface area contributed by atoms with Gasteiger partial charge in [0.05, 0.1) is 17.5 Å². The second kappa shape index (κ2) is 8.30. The lowest BCUT2D eigenvalue weighted by Gasteiger charge is -2.25. The van der Waals surface area contributed by atoms with Gasteiger partial charge < -0.3 is 0 Å². The van der Waals surface area contributed by atoms with Crippen LogP contribution < -0.4 is 5.01 Å². The van der Waals surface area contributed by atoms with E-state index in [0.29, 0.717) is 5.16 Å². The Bertz CT molecular complexity index is 839. The maximum atomic E-state index is 12.8. The first-order valence-electron chi connectivity index (χ1n) is 7.75. The van der Waals surface area contributed by atoms with Gasteiger partial charge in [-0.1, -0.05) is 41.7 Å². The SMILES string of the molecule is CSc1nsc(SCC(=O)N=C2C(=O)N(c3ccccc3)N(C)C2C)n1. The highest BCUT2D eigenvalue weighted by Gasteiger charge is 2.40. The van der Waals surface area contributed by atoms with Crippen LogP contribution in [0.25, 0.3) is 0 Å². The van der Waals surface area contributed by atoms with Crippen molar-refractivity contribution < 1.29 is 9.59 Å². The first kappa shape index (κ1) is 19.0. The number of para-hydroxylation sites is 1. The molecule has 0 saturated carbocycles. The van der Waals surface area contributed by atoms with E-state index in [4.69, 9.17) is 0 Å². The number of aromatic nitrogens is 2. The second-order valence-electron chi connectivity index (χ2n) is 5.43. The maximum Gasteiger partial charge on any atom is 0.289 e. The third-order valence-electron chi connectivity index (χ3n) is 3.82. The third kappa shape index (κ3) is 3.98. The minimum absolute atomic E-state index is 0.127. The molecule has 0 aliphatic carbocycles. The number of aliphatic imine (C=N–C) groups is 1. The molecule has 1 aromatic carbocycles. The van der Waals surface area contributed by atoms with Crippen LogP contribution in [0.15, 0.2) is 44.8 Å². The van der Waals surface area contributed by atoms with Crippen molar-refractivity contribution in [1.82, 2.24) is 14.4 Å². The maximum absolute atomic E-state index is 12.8. The van der Waals surface area contributed by atoms with Crippen LogP contribution >= 0.6 is 35.1 Å². The zero-order valence-corrected chi connectivity index (χ0v) is 16.9. The molecule has 2 amide bonds. The van der Waals surface area contributed by atoms with Gasteiger partial charge in [-0.05, 0) is 36.8 Å². The summed E-state index contributed by atoms with van der Waals surface area (Å²) in [5, 5.41) is 4.02. The number of thioether (sulfide) groups is 2. The molecule has 0 radical (unpaired) electrons. The number of anilines is 1. The summed E-state index contributed by atoms with van der Waals surface area (Å²) in [6.07, 6.45) is 1.90. The predicted molar refractivity (Wildman–Crippen MR) is 106 cm³/mol. The molecular weight excluding hydrogens is 390 g/mol. The van der Waals surface area contributed by atoms with E-state index in [9.17, 15) is 9.59 Å².